The highest BCUT2D eigenvalue weighted by atomic mass is 35.5. The summed E-state index contributed by atoms with van der Waals surface area (Å²) in [6.07, 6.45) is 1.93. The largest absolute Gasteiger partial charge is 0.496 e. The van der Waals surface area contributed by atoms with Gasteiger partial charge in [-0.05, 0) is 42.2 Å². The van der Waals surface area contributed by atoms with Crippen LogP contribution >= 0.6 is 23.4 Å². The molecule has 0 aliphatic rings. The average Bonchev–Trinajstić information content (AvgIpc) is 2.65. The van der Waals surface area contributed by atoms with Crippen LogP contribution in [0.15, 0.2) is 47.4 Å². The molecule has 132 valence electrons. The molecular weight excluding hydrogens is 362 g/mol. The van der Waals surface area contributed by atoms with Crippen LogP contribution < -0.4 is 10.1 Å². The first-order valence-electron chi connectivity index (χ1n) is 7.43. The average molecular weight is 380 g/mol. The van der Waals surface area contributed by atoms with E-state index in [4.69, 9.17) is 21.1 Å². The summed E-state index contributed by atoms with van der Waals surface area (Å²) in [6.45, 7) is -0.0286. The summed E-state index contributed by atoms with van der Waals surface area (Å²) in [5.74, 6) is -0.576. The second kappa shape index (κ2) is 9.34. The molecule has 2 rings (SSSR count). The summed E-state index contributed by atoms with van der Waals surface area (Å²) < 4.78 is 10.3. The second-order valence-electron chi connectivity index (χ2n) is 5.05. The van der Waals surface area contributed by atoms with E-state index in [1.165, 1.54) is 18.9 Å². The van der Waals surface area contributed by atoms with E-state index in [-0.39, 0.29) is 18.1 Å². The molecule has 25 heavy (non-hydrogen) atoms. The summed E-state index contributed by atoms with van der Waals surface area (Å²) in [6, 6.07) is 12.3. The van der Waals surface area contributed by atoms with Gasteiger partial charge < -0.3 is 14.8 Å². The Bertz CT molecular complexity index is 749. The fraction of sp³-hybridized carbons (Fsp3) is 0.222. The van der Waals surface area contributed by atoms with Crippen LogP contribution in [0.25, 0.3) is 0 Å². The van der Waals surface area contributed by atoms with E-state index in [0.717, 1.165) is 10.5 Å². The number of ether oxygens (including phenoxy) is 2. The number of benzene rings is 2. The number of hydrogen-bond acceptors (Lipinski definition) is 5. The normalized spacial score (nSPS) is 10.2. The maximum absolute atomic E-state index is 12.1. The van der Waals surface area contributed by atoms with Gasteiger partial charge in [0.25, 0.3) is 5.91 Å². The van der Waals surface area contributed by atoms with E-state index in [1.54, 1.807) is 30.3 Å². The van der Waals surface area contributed by atoms with Crippen molar-refractivity contribution in [3.8, 4) is 5.75 Å². The Balaban J connectivity index is 1.86. The number of esters is 1. The summed E-state index contributed by atoms with van der Waals surface area (Å²) in [5, 5.41) is 3.31. The number of amides is 1. The molecule has 0 heterocycles. The number of carbonyl (C=O) groups is 2. The topological polar surface area (TPSA) is 64.6 Å². The van der Waals surface area contributed by atoms with Crippen LogP contribution in [-0.2, 0) is 16.1 Å². The van der Waals surface area contributed by atoms with Crippen LogP contribution in [0.5, 0.6) is 5.75 Å². The lowest BCUT2D eigenvalue weighted by atomic mass is 10.2. The third kappa shape index (κ3) is 5.69. The van der Waals surface area contributed by atoms with Crippen molar-refractivity contribution in [3.05, 3.63) is 58.6 Å². The van der Waals surface area contributed by atoms with Gasteiger partial charge >= 0.3 is 5.97 Å². The number of hydrogen-bond donors (Lipinski definition) is 1. The molecule has 0 aliphatic carbocycles. The van der Waals surface area contributed by atoms with E-state index in [2.05, 4.69) is 5.32 Å². The summed E-state index contributed by atoms with van der Waals surface area (Å²) in [7, 11) is 1.48. The van der Waals surface area contributed by atoms with E-state index in [1.807, 2.05) is 18.4 Å². The fourth-order valence-electron chi connectivity index (χ4n) is 2.03. The molecule has 2 aromatic carbocycles. The van der Waals surface area contributed by atoms with Gasteiger partial charge in [0.05, 0.1) is 7.11 Å². The SMILES string of the molecule is COc1cc(SC)ccc1C(=O)OCC(=O)NCc1ccc(Cl)cc1. The lowest BCUT2D eigenvalue weighted by Gasteiger charge is -2.10. The first-order valence-corrected chi connectivity index (χ1v) is 9.04. The Morgan fingerprint density at radius 2 is 1.88 bits per heavy atom. The maximum Gasteiger partial charge on any atom is 0.342 e. The molecule has 0 aromatic heterocycles. The van der Waals surface area contributed by atoms with Gasteiger partial charge in [-0.25, -0.2) is 4.79 Å². The highest BCUT2D eigenvalue weighted by Crippen LogP contribution is 2.25. The predicted octanol–water partition coefficient (Wildman–Crippen LogP) is 3.54. The molecule has 7 heteroatoms. The van der Waals surface area contributed by atoms with Crippen LogP contribution in [0, 0.1) is 0 Å². The highest BCUT2D eigenvalue weighted by molar-refractivity contribution is 7.98. The molecule has 1 amide bonds. The minimum atomic E-state index is -0.605. The number of rotatable bonds is 7. The number of halogens is 1. The maximum atomic E-state index is 12.1. The minimum Gasteiger partial charge on any atom is -0.496 e. The Morgan fingerprint density at radius 3 is 2.52 bits per heavy atom. The molecule has 0 bridgehead atoms. The third-order valence-electron chi connectivity index (χ3n) is 3.37. The van der Waals surface area contributed by atoms with E-state index in [0.29, 0.717) is 17.3 Å². The van der Waals surface area contributed by atoms with Gasteiger partial charge in [-0.3, -0.25) is 4.79 Å². The molecule has 0 saturated heterocycles. The predicted molar refractivity (Wildman–Crippen MR) is 98.4 cm³/mol. The lowest BCUT2D eigenvalue weighted by molar-refractivity contribution is -0.124. The van der Waals surface area contributed by atoms with E-state index in [9.17, 15) is 9.59 Å². The lowest BCUT2D eigenvalue weighted by Crippen LogP contribution is -2.28. The van der Waals surface area contributed by atoms with Crippen molar-refractivity contribution in [2.75, 3.05) is 20.0 Å². The smallest absolute Gasteiger partial charge is 0.342 e. The Kier molecular flexibility index (Phi) is 7.16. The molecule has 1 N–H and O–H groups in total. The van der Waals surface area contributed by atoms with Gasteiger partial charge in [0.1, 0.15) is 11.3 Å². The van der Waals surface area contributed by atoms with Crippen molar-refractivity contribution < 1.29 is 19.1 Å². The molecule has 0 spiro atoms. The van der Waals surface area contributed by atoms with Crippen LogP contribution in [-0.4, -0.2) is 31.8 Å². The fourth-order valence-corrected chi connectivity index (χ4v) is 2.58. The monoisotopic (exact) mass is 379 g/mol. The van der Waals surface area contributed by atoms with Crippen LogP contribution in [0.2, 0.25) is 5.02 Å². The Labute approximate surface area is 155 Å². The number of nitrogens with one attached hydrogen (secondary N) is 1. The van der Waals surface area contributed by atoms with Gasteiger partial charge in [0.15, 0.2) is 6.61 Å². The van der Waals surface area contributed by atoms with Crippen molar-refractivity contribution in [3.63, 3.8) is 0 Å². The number of methoxy groups -OCH3 is 1. The molecule has 2 aromatic rings. The zero-order chi connectivity index (χ0) is 18.2. The molecular formula is C18H18ClNO4S. The molecule has 0 unspecified atom stereocenters. The standard InChI is InChI=1S/C18H18ClNO4S/c1-23-16-9-14(25-2)7-8-15(16)18(22)24-11-17(21)20-10-12-3-5-13(19)6-4-12/h3-9H,10-11H2,1-2H3,(H,20,21). The van der Waals surface area contributed by atoms with Crippen LogP contribution in [0.3, 0.4) is 0 Å². The summed E-state index contributed by atoms with van der Waals surface area (Å²) in [4.78, 5) is 24.9. The number of carbonyl (C=O) groups excluding carboxylic acids is 2. The van der Waals surface area contributed by atoms with Gasteiger partial charge in [0.2, 0.25) is 0 Å². The second-order valence-corrected chi connectivity index (χ2v) is 6.36. The highest BCUT2D eigenvalue weighted by Gasteiger charge is 2.15. The summed E-state index contributed by atoms with van der Waals surface area (Å²) >= 11 is 7.34. The van der Waals surface area contributed by atoms with Gasteiger partial charge in [-0.15, -0.1) is 11.8 Å². The minimum absolute atomic E-state index is 0.283. The molecule has 0 saturated carbocycles. The van der Waals surface area contributed by atoms with Gasteiger partial charge in [0, 0.05) is 16.5 Å². The molecule has 0 radical (unpaired) electrons. The molecule has 0 atom stereocenters. The van der Waals surface area contributed by atoms with Crippen molar-refractivity contribution in [2.45, 2.75) is 11.4 Å². The van der Waals surface area contributed by atoms with Crippen molar-refractivity contribution in [2.24, 2.45) is 0 Å². The Hall–Kier alpha value is -2.18. The first-order chi connectivity index (χ1) is 12.0. The third-order valence-corrected chi connectivity index (χ3v) is 4.34. The van der Waals surface area contributed by atoms with E-state index >= 15 is 0 Å². The number of thioether (sulfide) groups is 1. The zero-order valence-electron chi connectivity index (χ0n) is 13.9. The van der Waals surface area contributed by atoms with Gasteiger partial charge in [-0.2, -0.15) is 0 Å². The molecule has 5 nitrogen and oxygen atoms in total. The van der Waals surface area contributed by atoms with Crippen LogP contribution in [0.1, 0.15) is 15.9 Å². The van der Waals surface area contributed by atoms with Gasteiger partial charge in [-0.1, -0.05) is 23.7 Å². The van der Waals surface area contributed by atoms with Crippen molar-refractivity contribution >= 4 is 35.2 Å². The molecule has 0 aliphatic heterocycles. The quantitative estimate of drug-likeness (QED) is 0.588. The summed E-state index contributed by atoms with van der Waals surface area (Å²) in [5.41, 5.74) is 1.18. The van der Waals surface area contributed by atoms with Crippen LogP contribution in [0.4, 0.5) is 0 Å². The zero-order valence-corrected chi connectivity index (χ0v) is 15.4. The first kappa shape index (κ1) is 19.1. The van der Waals surface area contributed by atoms with Crippen molar-refractivity contribution in [1.29, 1.82) is 0 Å². The molecule has 0 fully saturated rings. The van der Waals surface area contributed by atoms with Crippen molar-refractivity contribution in [1.82, 2.24) is 5.32 Å². The Morgan fingerprint density at radius 1 is 1.16 bits per heavy atom. The van der Waals surface area contributed by atoms with E-state index < -0.39 is 5.97 Å².